The minimum atomic E-state index is -1.40. The summed E-state index contributed by atoms with van der Waals surface area (Å²) in [6, 6.07) is 6.42. The van der Waals surface area contributed by atoms with Gasteiger partial charge >= 0.3 is 0 Å². The molecular weight excluding hydrogens is 477 g/mol. The number of benzene rings is 2. The van der Waals surface area contributed by atoms with Crippen molar-refractivity contribution in [1.29, 1.82) is 0 Å². The Hall–Kier alpha value is -1.82. The highest BCUT2D eigenvalue weighted by Gasteiger charge is 2.22. The number of hydrogen-bond acceptors (Lipinski definition) is 7. The summed E-state index contributed by atoms with van der Waals surface area (Å²) in [5.74, 6) is -1.51. The van der Waals surface area contributed by atoms with Crippen LogP contribution >= 0.6 is 38.9 Å². The van der Waals surface area contributed by atoms with Gasteiger partial charge in [0.05, 0.1) is 32.2 Å². The third kappa shape index (κ3) is 4.59. The van der Waals surface area contributed by atoms with Crippen LogP contribution in [0.3, 0.4) is 0 Å². The number of thiazole rings is 1. The maximum absolute atomic E-state index is 15.1. The van der Waals surface area contributed by atoms with Gasteiger partial charge in [-0.3, -0.25) is 4.79 Å². The quantitative estimate of drug-likeness (QED) is 0.295. The largest absolute Gasteiger partial charge is 0.396 e. The third-order valence-corrected chi connectivity index (χ3v) is 5.25. The summed E-state index contributed by atoms with van der Waals surface area (Å²) in [5.41, 5.74) is 3.81. The van der Waals surface area contributed by atoms with Crippen molar-refractivity contribution in [3.8, 4) is 0 Å². The molecule has 4 N–H and O–H groups in total. The van der Waals surface area contributed by atoms with Crippen molar-refractivity contribution in [3.63, 3.8) is 0 Å². The number of aliphatic hydroxyl groups excluding tert-OH is 2. The number of hydrogen-bond donors (Lipinski definition) is 4. The highest BCUT2D eigenvalue weighted by molar-refractivity contribution is 9.10. The molecule has 1 atom stereocenters. The first kappa shape index (κ1) is 20.9. The number of aromatic nitrogens is 1. The van der Waals surface area contributed by atoms with Gasteiger partial charge in [0.15, 0.2) is 12.1 Å². The molecule has 3 aromatic rings. The summed E-state index contributed by atoms with van der Waals surface area (Å²) in [7, 11) is 0. The Morgan fingerprint density at radius 1 is 1.43 bits per heavy atom. The van der Waals surface area contributed by atoms with E-state index in [0.29, 0.717) is 15.4 Å². The zero-order valence-corrected chi connectivity index (χ0v) is 17.2. The number of hydroxylamine groups is 1. The number of fused-ring (bicyclic) bond motifs is 1. The van der Waals surface area contributed by atoms with Crippen LogP contribution in [-0.4, -0.2) is 34.0 Å². The number of carbonyl (C=O) groups is 1. The first-order valence-corrected chi connectivity index (χ1v) is 9.98. The third-order valence-electron chi connectivity index (χ3n) is 3.67. The second kappa shape index (κ2) is 9.12. The van der Waals surface area contributed by atoms with E-state index < -0.39 is 18.0 Å². The normalized spacial score (nSPS) is 12.2. The van der Waals surface area contributed by atoms with Gasteiger partial charge in [0.2, 0.25) is 0 Å². The molecule has 0 fully saturated rings. The minimum absolute atomic E-state index is 0.0653. The summed E-state index contributed by atoms with van der Waals surface area (Å²) in [4.78, 5) is 21.3. The summed E-state index contributed by atoms with van der Waals surface area (Å²) in [6.07, 6.45) is -1.49. The van der Waals surface area contributed by atoms with Gasteiger partial charge in [-0.15, -0.1) is 11.3 Å². The van der Waals surface area contributed by atoms with Crippen LogP contribution < -0.4 is 10.8 Å². The molecule has 1 heterocycles. The maximum atomic E-state index is 15.1. The van der Waals surface area contributed by atoms with Crippen LogP contribution in [0, 0.1) is 5.82 Å². The van der Waals surface area contributed by atoms with Gasteiger partial charge in [-0.2, -0.15) is 0 Å². The van der Waals surface area contributed by atoms with E-state index in [1.165, 1.54) is 22.9 Å². The second-order valence-corrected chi connectivity index (χ2v) is 7.79. The molecule has 11 heteroatoms. The number of nitrogens with zero attached hydrogens (tertiary/aromatic N) is 1. The maximum Gasteiger partial charge on any atom is 0.277 e. The second-order valence-electron chi connectivity index (χ2n) is 5.58. The molecule has 1 unspecified atom stereocenters. The van der Waals surface area contributed by atoms with Crippen molar-refractivity contribution in [3.05, 3.63) is 50.7 Å². The summed E-state index contributed by atoms with van der Waals surface area (Å²) in [6.45, 7) is -0.326. The Morgan fingerprint density at radius 3 is 2.93 bits per heavy atom. The van der Waals surface area contributed by atoms with Crippen molar-refractivity contribution in [2.45, 2.75) is 12.7 Å². The van der Waals surface area contributed by atoms with E-state index in [1.54, 1.807) is 18.2 Å². The van der Waals surface area contributed by atoms with Crippen molar-refractivity contribution in [2.75, 3.05) is 11.9 Å². The van der Waals surface area contributed by atoms with E-state index in [0.717, 1.165) is 4.47 Å². The number of anilines is 2. The van der Waals surface area contributed by atoms with Gasteiger partial charge in [-0.1, -0.05) is 27.5 Å². The molecular formula is C17H14BrClFN3O4S. The Morgan fingerprint density at radius 2 is 2.21 bits per heavy atom. The van der Waals surface area contributed by atoms with Crippen LogP contribution in [0.25, 0.3) is 10.2 Å². The van der Waals surface area contributed by atoms with Gasteiger partial charge in [0.1, 0.15) is 5.52 Å². The number of aliphatic hydroxyl groups is 2. The monoisotopic (exact) mass is 489 g/mol. The summed E-state index contributed by atoms with van der Waals surface area (Å²) < 4.78 is 16.3. The number of rotatable bonds is 7. The summed E-state index contributed by atoms with van der Waals surface area (Å²) >= 11 is 10.6. The predicted molar refractivity (Wildman–Crippen MR) is 108 cm³/mol. The van der Waals surface area contributed by atoms with Crippen molar-refractivity contribution in [1.82, 2.24) is 10.5 Å². The molecule has 0 saturated carbocycles. The molecule has 1 amide bonds. The standard InChI is InChI=1S/C17H14BrClFN3O4S/c18-8-1-2-11(10(19)5-8)22-15-9(17(26)23-27-13(25)3-4-24)6-12-16(14(15)20)21-7-28-12/h1-2,5-7,13,22,24-25H,3-4H2,(H,23,26). The molecule has 7 nitrogen and oxygen atoms in total. The SMILES string of the molecule is O=C(NOC(O)CCO)c1cc2scnc2c(F)c1Nc1ccc(Br)cc1Cl. The van der Waals surface area contributed by atoms with Crippen molar-refractivity contribution in [2.24, 2.45) is 0 Å². The molecule has 0 radical (unpaired) electrons. The zero-order chi connectivity index (χ0) is 20.3. The van der Waals surface area contributed by atoms with Gasteiger partial charge in [0, 0.05) is 17.5 Å². The Bertz CT molecular complexity index is 1020. The molecule has 0 spiro atoms. The number of nitrogens with one attached hydrogen (secondary N) is 2. The van der Waals surface area contributed by atoms with Crippen molar-refractivity contribution >= 4 is 66.4 Å². The van der Waals surface area contributed by atoms with Crippen LogP contribution in [0.2, 0.25) is 5.02 Å². The van der Waals surface area contributed by atoms with E-state index in [1.807, 2.05) is 0 Å². The molecule has 0 aliphatic rings. The van der Waals surface area contributed by atoms with Gasteiger partial charge in [-0.05, 0) is 24.3 Å². The Kier molecular flexibility index (Phi) is 6.81. The number of carbonyl (C=O) groups excluding carboxylic acids is 1. The fourth-order valence-corrected chi connectivity index (χ4v) is 3.77. The van der Waals surface area contributed by atoms with Gasteiger partial charge < -0.3 is 15.5 Å². The van der Waals surface area contributed by atoms with E-state index >= 15 is 4.39 Å². The zero-order valence-electron chi connectivity index (χ0n) is 14.1. The molecule has 28 heavy (non-hydrogen) atoms. The highest BCUT2D eigenvalue weighted by Crippen LogP contribution is 2.35. The molecule has 0 aliphatic heterocycles. The molecule has 3 rings (SSSR count). The lowest BCUT2D eigenvalue weighted by atomic mass is 10.1. The minimum Gasteiger partial charge on any atom is -0.396 e. The molecule has 0 aliphatic carbocycles. The lowest BCUT2D eigenvalue weighted by Crippen LogP contribution is -2.30. The van der Waals surface area contributed by atoms with Crippen LogP contribution in [0.4, 0.5) is 15.8 Å². The molecule has 2 aromatic carbocycles. The van der Waals surface area contributed by atoms with E-state index in [2.05, 4.69) is 31.7 Å². The average Bonchev–Trinajstić information content (AvgIpc) is 3.13. The molecule has 0 saturated heterocycles. The van der Waals surface area contributed by atoms with E-state index in [4.69, 9.17) is 21.5 Å². The fraction of sp³-hybridized carbons (Fsp3) is 0.176. The predicted octanol–water partition coefficient (Wildman–Crippen LogP) is 3.96. The highest BCUT2D eigenvalue weighted by atomic mass is 79.9. The van der Waals surface area contributed by atoms with Gasteiger partial charge in [0.25, 0.3) is 5.91 Å². The van der Waals surface area contributed by atoms with E-state index in [9.17, 15) is 9.90 Å². The molecule has 1 aromatic heterocycles. The lowest BCUT2D eigenvalue weighted by Gasteiger charge is -2.16. The Labute approximate surface area is 176 Å². The number of amides is 1. The lowest BCUT2D eigenvalue weighted by molar-refractivity contribution is -0.141. The average molecular weight is 491 g/mol. The van der Waals surface area contributed by atoms with Crippen molar-refractivity contribution < 1.29 is 24.2 Å². The number of halogens is 3. The van der Waals surface area contributed by atoms with Gasteiger partial charge in [-0.25, -0.2) is 19.7 Å². The topological polar surface area (TPSA) is 104 Å². The first-order valence-electron chi connectivity index (χ1n) is 7.93. The van der Waals surface area contributed by atoms with Crippen LogP contribution in [-0.2, 0) is 4.84 Å². The van der Waals surface area contributed by atoms with E-state index in [-0.39, 0.29) is 29.8 Å². The summed E-state index contributed by atoms with van der Waals surface area (Å²) in [5, 5.41) is 21.4. The Balaban J connectivity index is 1.98. The van der Waals surface area contributed by atoms with Crippen LogP contribution in [0.5, 0.6) is 0 Å². The fourth-order valence-electron chi connectivity index (χ4n) is 2.34. The van der Waals surface area contributed by atoms with Crippen LogP contribution in [0.1, 0.15) is 16.8 Å². The van der Waals surface area contributed by atoms with Crippen LogP contribution in [0.15, 0.2) is 34.2 Å². The first-order chi connectivity index (χ1) is 13.4. The molecule has 0 bridgehead atoms. The smallest absolute Gasteiger partial charge is 0.277 e. The molecule has 148 valence electrons.